The Bertz CT molecular complexity index is 478. The molecule has 2 rings (SSSR count). The Hall–Kier alpha value is -1.78. The summed E-state index contributed by atoms with van der Waals surface area (Å²) in [5.41, 5.74) is 1.63. The number of aryl methyl sites for hydroxylation is 1. The number of imidazole rings is 1. The summed E-state index contributed by atoms with van der Waals surface area (Å²) < 4.78 is 1.77. The normalized spacial score (nSPS) is 17.1. The number of likely N-dealkylation sites (tertiary alicyclic amines) is 1. The zero-order valence-corrected chi connectivity index (χ0v) is 9.98. The summed E-state index contributed by atoms with van der Waals surface area (Å²) in [5, 5.41) is 0. The number of aromatic nitrogens is 2. The first-order valence-corrected chi connectivity index (χ1v) is 5.80. The van der Waals surface area contributed by atoms with Crippen LogP contribution in [0.25, 0.3) is 6.08 Å². The van der Waals surface area contributed by atoms with Crippen LogP contribution in [-0.4, -0.2) is 34.0 Å². The van der Waals surface area contributed by atoms with Crippen LogP contribution >= 0.6 is 0 Å². The third kappa shape index (κ3) is 2.05. The number of hydrogen-bond acceptors (Lipinski definition) is 2. The second-order valence-corrected chi connectivity index (χ2v) is 4.39. The lowest BCUT2D eigenvalue weighted by Crippen LogP contribution is -2.36. The highest BCUT2D eigenvalue weighted by Crippen LogP contribution is 2.23. The van der Waals surface area contributed by atoms with Gasteiger partial charge in [-0.2, -0.15) is 0 Å². The van der Waals surface area contributed by atoms with Crippen LogP contribution in [-0.2, 0) is 4.79 Å². The van der Waals surface area contributed by atoms with Gasteiger partial charge < -0.3 is 9.88 Å². The molecule has 0 bridgehead atoms. The van der Waals surface area contributed by atoms with Crippen LogP contribution in [0.2, 0.25) is 0 Å². The molecule has 1 saturated heterocycles. The van der Waals surface area contributed by atoms with E-state index in [9.17, 15) is 9.59 Å². The molecule has 1 fully saturated rings. The van der Waals surface area contributed by atoms with Crippen molar-refractivity contribution >= 4 is 12.5 Å². The van der Waals surface area contributed by atoms with Crippen molar-refractivity contribution in [2.75, 3.05) is 13.1 Å². The topological polar surface area (TPSA) is 58.1 Å². The van der Waals surface area contributed by atoms with Crippen molar-refractivity contribution in [2.24, 2.45) is 0 Å². The molecule has 0 spiro atoms. The molecule has 0 atom stereocenters. The fourth-order valence-corrected chi connectivity index (χ4v) is 2.44. The molecule has 0 aromatic carbocycles. The summed E-state index contributed by atoms with van der Waals surface area (Å²) in [5.74, 6) is 0. The minimum Gasteiger partial charge on any atom is -0.345 e. The maximum absolute atomic E-state index is 11.8. The largest absolute Gasteiger partial charge is 0.345 e. The fraction of sp³-hybridized carbons (Fsp3) is 0.500. The van der Waals surface area contributed by atoms with E-state index < -0.39 is 0 Å². The number of nitrogens with zero attached hydrogens (tertiary/aromatic N) is 2. The van der Waals surface area contributed by atoms with Gasteiger partial charge in [-0.3, -0.25) is 9.36 Å². The van der Waals surface area contributed by atoms with E-state index in [4.69, 9.17) is 0 Å². The molecule has 17 heavy (non-hydrogen) atoms. The molecule has 2 heterocycles. The fourth-order valence-electron chi connectivity index (χ4n) is 2.44. The molecular weight excluding hydrogens is 218 g/mol. The predicted octanol–water partition coefficient (Wildman–Crippen LogP) is 0.921. The average Bonchev–Trinajstić information content (AvgIpc) is 2.63. The van der Waals surface area contributed by atoms with Crippen LogP contribution in [0.15, 0.2) is 11.4 Å². The number of amides is 1. The lowest BCUT2D eigenvalue weighted by Gasteiger charge is -2.30. The van der Waals surface area contributed by atoms with Crippen molar-refractivity contribution in [2.45, 2.75) is 25.8 Å². The summed E-state index contributed by atoms with van der Waals surface area (Å²) in [6, 6.07) is 0.164. The Morgan fingerprint density at radius 2 is 2.06 bits per heavy atom. The van der Waals surface area contributed by atoms with Gasteiger partial charge in [-0.1, -0.05) is 6.58 Å². The number of rotatable bonds is 3. The van der Waals surface area contributed by atoms with Crippen molar-refractivity contribution in [1.29, 1.82) is 0 Å². The summed E-state index contributed by atoms with van der Waals surface area (Å²) in [6.45, 7) is 7.04. The Balaban J connectivity index is 2.26. The van der Waals surface area contributed by atoms with Gasteiger partial charge in [-0.15, -0.1) is 0 Å². The van der Waals surface area contributed by atoms with Gasteiger partial charge in [0.2, 0.25) is 6.41 Å². The van der Waals surface area contributed by atoms with Crippen LogP contribution in [0, 0.1) is 6.92 Å². The molecule has 1 N–H and O–H groups in total. The third-order valence-corrected chi connectivity index (χ3v) is 3.36. The van der Waals surface area contributed by atoms with E-state index in [1.165, 1.54) is 0 Å². The molecule has 1 aromatic rings. The van der Waals surface area contributed by atoms with E-state index in [1.807, 2.05) is 6.92 Å². The molecule has 0 aliphatic carbocycles. The average molecular weight is 235 g/mol. The molecule has 1 aliphatic heterocycles. The lowest BCUT2D eigenvalue weighted by molar-refractivity contribution is -0.119. The standard InChI is InChI=1S/C12H17N3O2/c1-3-11-9(2)13-12(17)15(11)10-4-6-14(8-16)7-5-10/h3,8,10H,1,4-7H2,2H3,(H,13,17). The van der Waals surface area contributed by atoms with E-state index in [-0.39, 0.29) is 11.7 Å². The number of carbonyl (C=O) groups is 1. The maximum atomic E-state index is 11.8. The summed E-state index contributed by atoms with van der Waals surface area (Å²) in [6.07, 6.45) is 4.21. The highest BCUT2D eigenvalue weighted by molar-refractivity contribution is 5.47. The van der Waals surface area contributed by atoms with Gasteiger partial charge in [0.05, 0.1) is 5.69 Å². The zero-order valence-electron chi connectivity index (χ0n) is 9.98. The van der Waals surface area contributed by atoms with E-state index in [0.29, 0.717) is 13.1 Å². The summed E-state index contributed by atoms with van der Waals surface area (Å²) in [4.78, 5) is 27.0. The van der Waals surface area contributed by atoms with E-state index >= 15 is 0 Å². The van der Waals surface area contributed by atoms with Gasteiger partial charge in [-0.05, 0) is 25.8 Å². The molecule has 5 heteroatoms. The molecule has 1 aliphatic rings. The van der Waals surface area contributed by atoms with Crippen molar-refractivity contribution < 1.29 is 4.79 Å². The number of hydrogen-bond donors (Lipinski definition) is 1. The number of carbonyl (C=O) groups excluding carboxylic acids is 1. The Kier molecular flexibility index (Phi) is 3.17. The summed E-state index contributed by atoms with van der Waals surface area (Å²) in [7, 11) is 0. The number of piperidine rings is 1. The van der Waals surface area contributed by atoms with Crippen molar-refractivity contribution in [1.82, 2.24) is 14.5 Å². The lowest BCUT2D eigenvalue weighted by atomic mass is 10.0. The van der Waals surface area contributed by atoms with Gasteiger partial charge in [0, 0.05) is 24.8 Å². The van der Waals surface area contributed by atoms with Crippen molar-refractivity contribution in [3.63, 3.8) is 0 Å². The second-order valence-electron chi connectivity index (χ2n) is 4.39. The van der Waals surface area contributed by atoms with Gasteiger partial charge in [0.1, 0.15) is 0 Å². The predicted molar refractivity (Wildman–Crippen MR) is 65.8 cm³/mol. The van der Waals surface area contributed by atoms with Gasteiger partial charge >= 0.3 is 5.69 Å². The highest BCUT2D eigenvalue weighted by Gasteiger charge is 2.23. The SMILES string of the molecule is C=Cc1c(C)[nH]c(=O)n1C1CCN(C=O)CC1. The first kappa shape index (κ1) is 11.7. The first-order valence-electron chi connectivity index (χ1n) is 5.80. The number of H-pyrrole nitrogens is 1. The maximum Gasteiger partial charge on any atom is 0.326 e. The number of aromatic amines is 1. The first-order chi connectivity index (χ1) is 8.17. The number of nitrogens with one attached hydrogen (secondary N) is 1. The molecule has 0 saturated carbocycles. The summed E-state index contributed by atoms with van der Waals surface area (Å²) >= 11 is 0. The Morgan fingerprint density at radius 3 is 2.59 bits per heavy atom. The Labute approximate surface area is 99.7 Å². The second kappa shape index (κ2) is 4.61. The molecule has 0 radical (unpaired) electrons. The van der Waals surface area contributed by atoms with Gasteiger partial charge in [0.15, 0.2) is 0 Å². The molecule has 1 amide bonds. The molecular formula is C12H17N3O2. The zero-order chi connectivity index (χ0) is 12.4. The minimum absolute atomic E-state index is 0.0815. The van der Waals surface area contributed by atoms with Gasteiger partial charge in [0.25, 0.3) is 0 Å². The van der Waals surface area contributed by atoms with Gasteiger partial charge in [-0.25, -0.2) is 4.79 Å². The quantitative estimate of drug-likeness (QED) is 0.792. The molecule has 0 unspecified atom stereocenters. The van der Waals surface area contributed by atoms with Crippen LogP contribution in [0.1, 0.15) is 30.3 Å². The van der Waals surface area contributed by atoms with Crippen LogP contribution in [0.5, 0.6) is 0 Å². The van der Waals surface area contributed by atoms with Crippen molar-refractivity contribution in [3.8, 4) is 0 Å². The van der Waals surface area contributed by atoms with Crippen LogP contribution in [0.4, 0.5) is 0 Å². The Morgan fingerprint density at radius 1 is 1.41 bits per heavy atom. The molecule has 5 nitrogen and oxygen atoms in total. The minimum atomic E-state index is -0.0815. The van der Waals surface area contributed by atoms with Crippen LogP contribution in [0.3, 0.4) is 0 Å². The monoisotopic (exact) mass is 235 g/mol. The molecule has 92 valence electrons. The smallest absolute Gasteiger partial charge is 0.326 e. The third-order valence-electron chi connectivity index (χ3n) is 3.36. The molecule has 1 aromatic heterocycles. The van der Waals surface area contributed by atoms with E-state index in [2.05, 4.69) is 11.6 Å². The van der Waals surface area contributed by atoms with E-state index in [0.717, 1.165) is 30.6 Å². The van der Waals surface area contributed by atoms with E-state index in [1.54, 1.807) is 15.5 Å². The highest BCUT2D eigenvalue weighted by atomic mass is 16.1. The van der Waals surface area contributed by atoms with Crippen molar-refractivity contribution in [3.05, 3.63) is 28.5 Å². The van der Waals surface area contributed by atoms with Crippen LogP contribution < -0.4 is 5.69 Å².